The van der Waals surface area contributed by atoms with Gasteiger partial charge in [0.2, 0.25) is 0 Å². The number of halogens is 2. The lowest BCUT2D eigenvalue weighted by Crippen LogP contribution is -2.18. The molecule has 18 heavy (non-hydrogen) atoms. The van der Waals surface area contributed by atoms with Crippen LogP contribution in [0.15, 0.2) is 42.5 Å². The molecule has 3 rings (SSSR count). The summed E-state index contributed by atoms with van der Waals surface area (Å²) >= 11 is 0. The molecule has 0 spiro atoms. The zero-order valence-electron chi connectivity index (χ0n) is 9.79. The summed E-state index contributed by atoms with van der Waals surface area (Å²) in [6, 6.07) is 12.5. The van der Waals surface area contributed by atoms with Crippen LogP contribution in [0.25, 0.3) is 0 Å². The number of rotatable bonds is 2. The molecule has 0 fully saturated rings. The molecule has 0 amide bonds. The fraction of sp³-hybridized carbons (Fsp3) is 0.200. The second kappa shape index (κ2) is 4.41. The maximum Gasteiger partial charge on any atom is 0.159 e. The minimum atomic E-state index is -0.790. The van der Waals surface area contributed by atoms with Crippen LogP contribution < -0.4 is 5.32 Å². The molecule has 0 aliphatic carbocycles. The van der Waals surface area contributed by atoms with E-state index in [2.05, 4.69) is 11.4 Å². The van der Waals surface area contributed by atoms with Crippen molar-refractivity contribution in [1.29, 1.82) is 0 Å². The molecule has 1 heterocycles. The zero-order chi connectivity index (χ0) is 12.5. The fourth-order valence-electron chi connectivity index (χ4n) is 2.45. The number of hydrogen-bond acceptors (Lipinski definition) is 1. The van der Waals surface area contributed by atoms with Gasteiger partial charge in [-0.3, -0.25) is 0 Å². The second-order valence-electron chi connectivity index (χ2n) is 4.66. The Balaban J connectivity index is 1.74. The van der Waals surface area contributed by atoms with Crippen LogP contribution >= 0.6 is 0 Å². The van der Waals surface area contributed by atoms with Gasteiger partial charge in [0.15, 0.2) is 11.6 Å². The third-order valence-electron chi connectivity index (χ3n) is 3.31. The fourth-order valence-corrected chi connectivity index (χ4v) is 2.45. The van der Waals surface area contributed by atoms with E-state index < -0.39 is 11.6 Å². The topological polar surface area (TPSA) is 12.0 Å². The van der Waals surface area contributed by atoms with Crippen LogP contribution in [0.5, 0.6) is 0 Å². The minimum Gasteiger partial charge on any atom is -0.381 e. The summed E-state index contributed by atoms with van der Waals surface area (Å²) in [5.41, 5.74) is 3.24. The Morgan fingerprint density at radius 3 is 2.67 bits per heavy atom. The highest BCUT2D eigenvalue weighted by atomic mass is 19.2. The van der Waals surface area contributed by atoms with E-state index in [0.29, 0.717) is 6.42 Å². The van der Waals surface area contributed by atoms with E-state index in [1.165, 1.54) is 17.7 Å². The quantitative estimate of drug-likeness (QED) is 0.853. The van der Waals surface area contributed by atoms with Crippen molar-refractivity contribution in [3.05, 3.63) is 65.2 Å². The van der Waals surface area contributed by atoms with Crippen molar-refractivity contribution in [2.75, 3.05) is 5.32 Å². The molecule has 0 radical (unpaired) electrons. The van der Waals surface area contributed by atoms with E-state index in [4.69, 9.17) is 0 Å². The summed E-state index contributed by atoms with van der Waals surface area (Å²) in [5, 5.41) is 3.40. The van der Waals surface area contributed by atoms with Crippen LogP contribution in [-0.2, 0) is 12.8 Å². The van der Waals surface area contributed by atoms with Gasteiger partial charge in [-0.2, -0.15) is 0 Å². The minimum absolute atomic E-state index is 0.257. The van der Waals surface area contributed by atoms with Crippen molar-refractivity contribution in [2.45, 2.75) is 18.9 Å². The van der Waals surface area contributed by atoms with Crippen LogP contribution in [0, 0.1) is 11.6 Å². The Labute approximate surface area is 104 Å². The summed E-state index contributed by atoms with van der Waals surface area (Å²) in [6.45, 7) is 0. The predicted molar refractivity (Wildman–Crippen MR) is 67.6 cm³/mol. The smallest absolute Gasteiger partial charge is 0.159 e. The van der Waals surface area contributed by atoms with Crippen molar-refractivity contribution < 1.29 is 8.78 Å². The van der Waals surface area contributed by atoms with Gasteiger partial charge in [-0.15, -0.1) is 0 Å². The number of anilines is 1. The maximum absolute atomic E-state index is 13.1. The third-order valence-corrected chi connectivity index (χ3v) is 3.31. The van der Waals surface area contributed by atoms with Crippen molar-refractivity contribution in [3.63, 3.8) is 0 Å². The molecule has 2 aromatic rings. The Morgan fingerprint density at radius 2 is 1.89 bits per heavy atom. The van der Waals surface area contributed by atoms with Gasteiger partial charge < -0.3 is 5.32 Å². The van der Waals surface area contributed by atoms with Crippen LogP contribution in [0.4, 0.5) is 14.5 Å². The first kappa shape index (κ1) is 11.2. The lowest BCUT2D eigenvalue weighted by molar-refractivity contribution is 0.506. The Morgan fingerprint density at radius 1 is 1.06 bits per heavy atom. The lowest BCUT2D eigenvalue weighted by Gasteiger charge is -2.11. The standard InChI is InChI=1S/C15H13F2N/c16-13-6-5-10(8-14(13)17)7-12-9-11-3-1-2-4-15(11)18-12/h1-6,8,12,18H,7,9H2. The highest BCUT2D eigenvalue weighted by Gasteiger charge is 2.20. The van der Waals surface area contributed by atoms with E-state index in [-0.39, 0.29) is 6.04 Å². The highest BCUT2D eigenvalue weighted by Crippen LogP contribution is 2.27. The number of benzene rings is 2. The van der Waals surface area contributed by atoms with Crippen molar-refractivity contribution in [2.24, 2.45) is 0 Å². The largest absolute Gasteiger partial charge is 0.381 e. The Bertz CT molecular complexity index is 555. The van der Waals surface area contributed by atoms with E-state index in [1.54, 1.807) is 6.07 Å². The molecule has 0 saturated heterocycles. The van der Waals surface area contributed by atoms with E-state index in [1.807, 2.05) is 18.2 Å². The normalized spacial score (nSPS) is 17.3. The van der Waals surface area contributed by atoms with Gasteiger partial charge in [-0.05, 0) is 42.2 Å². The molecule has 2 aromatic carbocycles. The SMILES string of the molecule is Fc1ccc(CC2Cc3ccccc3N2)cc1F. The van der Waals surface area contributed by atoms with E-state index >= 15 is 0 Å². The van der Waals surface area contributed by atoms with Crippen molar-refractivity contribution in [3.8, 4) is 0 Å². The number of para-hydroxylation sites is 1. The molecule has 1 atom stereocenters. The maximum atomic E-state index is 13.1. The Kier molecular flexibility index (Phi) is 2.74. The van der Waals surface area contributed by atoms with Crippen molar-refractivity contribution in [1.82, 2.24) is 0 Å². The molecule has 0 aromatic heterocycles. The third kappa shape index (κ3) is 2.08. The van der Waals surface area contributed by atoms with Gasteiger partial charge in [-0.1, -0.05) is 24.3 Å². The summed E-state index contributed by atoms with van der Waals surface area (Å²) < 4.78 is 26.0. The van der Waals surface area contributed by atoms with Crippen LogP contribution in [0.1, 0.15) is 11.1 Å². The Hall–Kier alpha value is -1.90. The van der Waals surface area contributed by atoms with Gasteiger partial charge >= 0.3 is 0 Å². The first-order valence-electron chi connectivity index (χ1n) is 6.01. The molecule has 3 heteroatoms. The average molecular weight is 245 g/mol. The second-order valence-corrected chi connectivity index (χ2v) is 4.66. The highest BCUT2D eigenvalue weighted by molar-refractivity contribution is 5.56. The number of nitrogens with one attached hydrogen (secondary N) is 1. The summed E-state index contributed by atoms with van der Waals surface area (Å²) in [6.07, 6.45) is 1.63. The van der Waals surface area contributed by atoms with Gasteiger partial charge in [0, 0.05) is 11.7 Å². The van der Waals surface area contributed by atoms with Gasteiger partial charge in [0.1, 0.15) is 0 Å². The first-order valence-corrected chi connectivity index (χ1v) is 6.01. The molecule has 0 bridgehead atoms. The summed E-state index contributed by atoms with van der Waals surface area (Å²) in [5.74, 6) is -1.57. The molecule has 1 unspecified atom stereocenters. The van der Waals surface area contributed by atoms with E-state index in [9.17, 15) is 8.78 Å². The molecule has 1 aliphatic rings. The average Bonchev–Trinajstić information content (AvgIpc) is 2.76. The molecular weight excluding hydrogens is 232 g/mol. The molecule has 1 N–H and O–H groups in total. The zero-order valence-corrected chi connectivity index (χ0v) is 9.79. The number of hydrogen-bond donors (Lipinski definition) is 1. The molecule has 0 saturated carbocycles. The van der Waals surface area contributed by atoms with Gasteiger partial charge in [0.05, 0.1) is 0 Å². The lowest BCUT2D eigenvalue weighted by atomic mass is 10.0. The molecular formula is C15H13F2N. The molecule has 1 aliphatic heterocycles. The first-order chi connectivity index (χ1) is 8.72. The van der Waals surface area contributed by atoms with Crippen LogP contribution in [-0.4, -0.2) is 6.04 Å². The van der Waals surface area contributed by atoms with E-state index in [0.717, 1.165) is 17.7 Å². The predicted octanol–water partition coefficient (Wildman–Crippen LogP) is 3.54. The monoisotopic (exact) mass is 245 g/mol. The van der Waals surface area contributed by atoms with Crippen molar-refractivity contribution >= 4 is 5.69 Å². The molecule has 92 valence electrons. The van der Waals surface area contributed by atoms with Gasteiger partial charge in [-0.25, -0.2) is 8.78 Å². The van der Waals surface area contributed by atoms with Crippen LogP contribution in [0.2, 0.25) is 0 Å². The van der Waals surface area contributed by atoms with Crippen LogP contribution in [0.3, 0.4) is 0 Å². The summed E-state index contributed by atoms with van der Waals surface area (Å²) in [4.78, 5) is 0. The summed E-state index contributed by atoms with van der Waals surface area (Å²) in [7, 11) is 0. The van der Waals surface area contributed by atoms with Gasteiger partial charge in [0.25, 0.3) is 0 Å². The molecule has 1 nitrogen and oxygen atoms in total. The number of fused-ring (bicyclic) bond motifs is 1.